The zero-order valence-electron chi connectivity index (χ0n) is 16.6. The lowest BCUT2D eigenvalue weighted by Crippen LogP contribution is -1.86. The van der Waals surface area contributed by atoms with E-state index in [4.69, 9.17) is 4.98 Å². The van der Waals surface area contributed by atoms with E-state index in [1.165, 1.54) is 6.07 Å². The first-order chi connectivity index (χ1) is 15.2. The van der Waals surface area contributed by atoms with Gasteiger partial charge >= 0.3 is 0 Å². The molecule has 4 aromatic heterocycles. The normalized spacial score (nSPS) is 11.5. The van der Waals surface area contributed by atoms with E-state index in [0.717, 1.165) is 50.1 Å². The Bertz CT molecular complexity index is 1570. The fraction of sp³-hybridized carbons (Fsp3) is 0.0417. The molecule has 150 valence electrons. The Hall–Kier alpha value is -4.26. The molecule has 0 aliphatic heterocycles. The number of hydrogen-bond acceptors (Lipinski definition) is 3. The maximum atomic E-state index is 14.5. The number of halogens is 1. The molecule has 0 radical (unpaired) electrons. The highest BCUT2D eigenvalue weighted by atomic mass is 19.1. The van der Waals surface area contributed by atoms with E-state index in [0.29, 0.717) is 5.56 Å². The molecule has 31 heavy (non-hydrogen) atoms. The van der Waals surface area contributed by atoms with Gasteiger partial charge in [-0.3, -0.25) is 9.78 Å². The molecule has 0 aliphatic rings. The first kappa shape index (κ1) is 17.6. The predicted molar refractivity (Wildman–Crippen MR) is 119 cm³/mol. The van der Waals surface area contributed by atoms with Gasteiger partial charge in [0.05, 0.1) is 23.1 Å². The van der Waals surface area contributed by atoms with Crippen LogP contribution in [0.4, 0.5) is 4.39 Å². The van der Waals surface area contributed by atoms with Crippen molar-refractivity contribution in [2.24, 2.45) is 7.05 Å². The zero-order valence-corrected chi connectivity index (χ0v) is 16.6. The van der Waals surface area contributed by atoms with Crippen molar-refractivity contribution in [3.63, 3.8) is 0 Å². The highest BCUT2D eigenvalue weighted by Gasteiger charge is 2.16. The number of aromatic amines is 2. The number of rotatable bonds is 3. The van der Waals surface area contributed by atoms with Crippen LogP contribution in [-0.2, 0) is 7.05 Å². The van der Waals surface area contributed by atoms with Crippen LogP contribution in [0.25, 0.3) is 55.7 Å². The van der Waals surface area contributed by atoms with Crippen molar-refractivity contribution < 1.29 is 4.39 Å². The van der Waals surface area contributed by atoms with E-state index in [1.54, 1.807) is 23.0 Å². The van der Waals surface area contributed by atoms with E-state index >= 15 is 0 Å². The molecule has 2 aromatic carbocycles. The summed E-state index contributed by atoms with van der Waals surface area (Å²) in [6.45, 7) is 0. The molecule has 0 fully saturated rings. The van der Waals surface area contributed by atoms with Crippen LogP contribution in [-0.4, -0.2) is 29.9 Å². The van der Waals surface area contributed by atoms with Crippen molar-refractivity contribution in [2.45, 2.75) is 0 Å². The molecule has 0 unspecified atom stereocenters. The molecule has 0 saturated heterocycles. The lowest BCUT2D eigenvalue weighted by atomic mass is 10.0. The Morgan fingerprint density at radius 1 is 0.935 bits per heavy atom. The number of fused-ring (bicyclic) bond motifs is 2. The molecule has 0 aliphatic carbocycles. The number of H-pyrrole nitrogens is 2. The Labute approximate surface area is 176 Å². The second-order valence-corrected chi connectivity index (χ2v) is 7.50. The molecule has 6 aromatic rings. The zero-order chi connectivity index (χ0) is 20.9. The van der Waals surface area contributed by atoms with Gasteiger partial charge in [0.15, 0.2) is 0 Å². The number of benzene rings is 2. The summed E-state index contributed by atoms with van der Waals surface area (Å²) in [6, 6.07) is 18.6. The molecule has 4 heterocycles. The minimum Gasteiger partial charge on any atom is -0.353 e. The van der Waals surface area contributed by atoms with E-state index in [2.05, 4.69) is 20.3 Å². The van der Waals surface area contributed by atoms with Crippen LogP contribution in [0.1, 0.15) is 0 Å². The molecule has 0 atom stereocenters. The van der Waals surface area contributed by atoms with Gasteiger partial charge in [-0.1, -0.05) is 30.3 Å². The standard InChI is InChI=1S/C24H17FN6/c1-31-13-14(12-26-31)19-9-10-21-23(28-19)24(30-29-21)22-11-17-15(6-4-8-20(17)27-22)16-5-2-3-7-18(16)25/h2-13,27H,1H3,(H,29,30). The lowest BCUT2D eigenvalue weighted by molar-refractivity contribution is 0.631. The predicted octanol–water partition coefficient (Wildman–Crippen LogP) is 5.31. The van der Waals surface area contributed by atoms with Crippen LogP contribution in [0.2, 0.25) is 0 Å². The van der Waals surface area contributed by atoms with Crippen molar-refractivity contribution in [1.29, 1.82) is 0 Å². The van der Waals surface area contributed by atoms with Gasteiger partial charge in [-0.05, 0) is 35.9 Å². The Morgan fingerprint density at radius 2 is 1.81 bits per heavy atom. The molecular formula is C24H17FN6. The van der Waals surface area contributed by atoms with Crippen LogP contribution < -0.4 is 0 Å². The first-order valence-electron chi connectivity index (χ1n) is 9.88. The van der Waals surface area contributed by atoms with Gasteiger partial charge in [0.2, 0.25) is 0 Å². The Balaban J connectivity index is 1.52. The summed E-state index contributed by atoms with van der Waals surface area (Å²) in [5.74, 6) is -0.245. The smallest absolute Gasteiger partial charge is 0.135 e. The maximum absolute atomic E-state index is 14.5. The second kappa shape index (κ2) is 6.63. The van der Waals surface area contributed by atoms with Crippen LogP contribution in [0.15, 0.2) is 73.1 Å². The monoisotopic (exact) mass is 408 g/mol. The third-order valence-corrected chi connectivity index (χ3v) is 5.49. The minimum absolute atomic E-state index is 0.245. The van der Waals surface area contributed by atoms with Crippen LogP contribution >= 0.6 is 0 Å². The summed E-state index contributed by atoms with van der Waals surface area (Å²) in [4.78, 5) is 8.25. The molecule has 0 amide bonds. The number of nitrogens with zero attached hydrogens (tertiary/aromatic N) is 4. The van der Waals surface area contributed by atoms with Gasteiger partial charge in [-0.2, -0.15) is 10.2 Å². The number of nitrogens with one attached hydrogen (secondary N) is 2. The summed E-state index contributed by atoms with van der Waals surface area (Å²) in [6.07, 6.45) is 3.72. The second-order valence-electron chi connectivity index (χ2n) is 7.50. The van der Waals surface area contributed by atoms with Crippen LogP contribution in [0.5, 0.6) is 0 Å². The SMILES string of the molecule is Cn1cc(-c2ccc3[nH]nc(-c4cc5c(-c6ccccc6F)cccc5[nH]4)c3n2)cn1. The molecule has 0 spiro atoms. The van der Waals surface area contributed by atoms with E-state index < -0.39 is 0 Å². The lowest BCUT2D eigenvalue weighted by Gasteiger charge is -2.04. The topological polar surface area (TPSA) is 75.2 Å². The maximum Gasteiger partial charge on any atom is 0.135 e. The first-order valence-corrected chi connectivity index (χ1v) is 9.88. The van der Waals surface area contributed by atoms with Gasteiger partial charge in [0, 0.05) is 35.3 Å². The molecule has 0 saturated carbocycles. The summed E-state index contributed by atoms with van der Waals surface area (Å²) in [5.41, 5.74) is 7.23. The molecular weight excluding hydrogens is 391 g/mol. The minimum atomic E-state index is -0.245. The summed E-state index contributed by atoms with van der Waals surface area (Å²) < 4.78 is 16.2. The average molecular weight is 408 g/mol. The van der Waals surface area contributed by atoms with Crippen molar-refractivity contribution in [1.82, 2.24) is 29.9 Å². The van der Waals surface area contributed by atoms with Crippen molar-refractivity contribution >= 4 is 21.9 Å². The van der Waals surface area contributed by atoms with Crippen molar-refractivity contribution in [3.05, 3.63) is 78.9 Å². The number of pyridine rings is 1. The van der Waals surface area contributed by atoms with Gasteiger partial charge in [0.1, 0.15) is 17.0 Å². The number of aromatic nitrogens is 6. The van der Waals surface area contributed by atoms with Crippen LogP contribution in [0.3, 0.4) is 0 Å². The largest absolute Gasteiger partial charge is 0.353 e. The number of hydrogen-bond donors (Lipinski definition) is 2. The van der Waals surface area contributed by atoms with E-state index in [9.17, 15) is 4.39 Å². The van der Waals surface area contributed by atoms with E-state index in [1.807, 2.05) is 55.7 Å². The van der Waals surface area contributed by atoms with E-state index in [-0.39, 0.29) is 5.82 Å². The fourth-order valence-corrected chi connectivity index (χ4v) is 4.00. The molecule has 7 heteroatoms. The third kappa shape index (κ3) is 2.82. The molecule has 6 nitrogen and oxygen atoms in total. The average Bonchev–Trinajstić information content (AvgIpc) is 3.50. The van der Waals surface area contributed by atoms with Gasteiger partial charge in [-0.15, -0.1) is 0 Å². The molecule has 6 rings (SSSR count). The van der Waals surface area contributed by atoms with Crippen molar-refractivity contribution in [2.75, 3.05) is 0 Å². The van der Waals surface area contributed by atoms with Gasteiger partial charge in [-0.25, -0.2) is 9.37 Å². The van der Waals surface area contributed by atoms with Gasteiger partial charge in [0.25, 0.3) is 0 Å². The quantitative estimate of drug-likeness (QED) is 0.417. The Kier molecular flexibility index (Phi) is 3.76. The highest BCUT2D eigenvalue weighted by molar-refractivity contribution is 6.00. The summed E-state index contributed by atoms with van der Waals surface area (Å²) in [7, 11) is 1.88. The fourth-order valence-electron chi connectivity index (χ4n) is 4.00. The Morgan fingerprint density at radius 3 is 2.65 bits per heavy atom. The molecule has 0 bridgehead atoms. The number of aryl methyl sites for hydroxylation is 1. The summed E-state index contributed by atoms with van der Waals surface area (Å²) >= 11 is 0. The third-order valence-electron chi connectivity index (χ3n) is 5.49. The van der Waals surface area contributed by atoms with Crippen molar-refractivity contribution in [3.8, 4) is 33.8 Å². The molecule has 2 N–H and O–H groups in total. The highest BCUT2D eigenvalue weighted by Crippen LogP contribution is 2.35. The van der Waals surface area contributed by atoms with Crippen LogP contribution in [0, 0.1) is 5.82 Å². The van der Waals surface area contributed by atoms with Gasteiger partial charge < -0.3 is 4.98 Å². The summed E-state index contributed by atoms with van der Waals surface area (Å²) in [5, 5.41) is 12.7.